The molecule has 1 unspecified atom stereocenters. The summed E-state index contributed by atoms with van der Waals surface area (Å²) < 4.78 is 6.04. The second kappa shape index (κ2) is 11.2. The first-order chi connectivity index (χ1) is 16.1. The fourth-order valence-corrected chi connectivity index (χ4v) is 5.03. The van der Waals surface area contributed by atoms with E-state index in [-0.39, 0.29) is 24.5 Å². The minimum Gasteiger partial charge on any atom is -0.456 e. The first kappa shape index (κ1) is 23.2. The van der Waals surface area contributed by atoms with E-state index in [2.05, 4.69) is 5.32 Å². The van der Waals surface area contributed by atoms with E-state index >= 15 is 0 Å². The van der Waals surface area contributed by atoms with Gasteiger partial charge in [0.05, 0.1) is 12.6 Å². The Morgan fingerprint density at radius 1 is 0.879 bits per heavy atom. The molecule has 0 bridgehead atoms. The van der Waals surface area contributed by atoms with Crippen LogP contribution in [-0.4, -0.2) is 41.8 Å². The molecule has 0 aromatic heterocycles. The van der Waals surface area contributed by atoms with Crippen LogP contribution in [-0.2, 0) is 14.3 Å². The molecule has 33 heavy (non-hydrogen) atoms. The molecule has 1 saturated carbocycles. The van der Waals surface area contributed by atoms with Crippen molar-refractivity contribution in [1.29, 1.82) is 0 Å². The Balaban J connectivity index is 1.37. The van der Waals surface area contributed by atoms with Gasteiger partial charge < -0.3 is 4.74 Å². The predicted octanol–water partition coefficient (Wildman–Crippen LogP) is 4.27. The van der Waals surface area contributed by atoms with Crippen LogP contribution in [0.25, 0.3) is 0 Å². The predicted molar refractivity (Wildman–Crippen MR) is 125 cm³/mol. The van der Waals surface area contributed by atoms with Gasteiger partial charge in [-0.05, 0) is 49.9 Å². The SMILES string of the molecule is O=C(CN1CCC[C@H]1C(=O)NC(=O)c1ccccc1)OC(c1ccccc1)C1CCCCC1. The monoisotopic (exact) mass is 448 g/mol. The van der Waals surface area contributed by atoms with Crippen molar-refractivity contribution < 1.29 is 19.1 Å². The normalized spacial score (nSPS) is 20.2. The highest BCUT2D eigenvalue weighted by molar-refractivity contribution is 6.06. The van der Waals surface area contributed by atoms with Crippen LogP contribution >= 0.6 is 0 Å². The van der Waals surface area contributed by atoms with Crippen LogP contribution in [0.4, 0.5) is 0 Å². The number of benzene rings is 2. The maximum atomic E-state index is 13.0. The minimum atomic E-state index is -0.505. The fourth-order valence-electron chi connectivity index (χ4n) is 5.03. The van der Waals surface area contributed by atoms with Crippen LogP contribution in [0.2, 0.25) is 0 Å². The summed E-state index contributed by atoms with van der Waals surface area (Å²) in [6.45, 7) is 0.680. The highest BCUT2D eigenvalue weighted by atomic mass is 16.5. The highest BCUT2D eigenvalue weighted by Crippen LogP contribution is 2.37. The molecule has 6 heteroatoms. The van der Waals surface area contributed by atoms with Gasteiger partial charge in [0.1, 0.15) is 6.10 Å². The molecular formula is C27H32N2O4. The highest BCUT2D eigenvalue weighted by Gasteiger charge is 2.35. The van der Waals surface area contributed by atoms with Crippen molar-refractivity contribution >= 4 is 17.8 Å². The number of esters is 1. The van der Waals surface area contributed by atoms with Gasteiger partial charge in [-0.3, -0.25) is 24.6 Å². The quantitative estimate of drug-likeness (QED) is 0.506. The number of ether oxygens (including phenoxy) is 1. The van der Waals surface area contributed by atoms with Gasteiger partial charge in [0.25, 0.3) is 5.91 Å². The molecule has 2 fully saturated rings. The number of hydrogen-bond donors (Lipinski definition) is 1. The molecular weight excluding hydrogens is 416 g/mol. The van der Waals surface area contributed by atoms with E-state index in [4.69, 9.17) is 4.74 Å². The zero-order valence-corrected chi connectivity index (χ0v) is 18.9. The van der Waals surface area contributed by atoms with E-state index < -0.39 is 11.9 Å². The molecule has 2 aromatic carbocycles. The van der Waals surface area contributed by atoms with Crippen molar-refractivity contribution in [3.05, 3.63) is 71.8 Å². The van der Waals surface area contributed by atoms with Crippen molar-refractivity contribution in [2.24, 2.45) is 5.92 Å². The first-order valence-corrected chi connectivity index (χ1v) is 12.0. The topological polar surface area (TPSA) is 75.7 Å². The number of imide groups is 1. The molecule has 2 aliphatic rings. The van der Waals surface area contributed by atoms with Gasteiger partial charge in [-0.2, -0.15) is 0 Å². The van der Waals surface area contributed by atoms with Gasteiger partial charge >= 0.3 is 5.97 Å². The molecule has 2 aromatic rings. The standard InChI is InChI=1S/C27H32N2O4/c30-24(33-25(20-11-4-1-5-12-20)21-13-6-2-7-14-21)19-29-18-10-17-23(29)27(32)28-26(31)22-15-8-3-9-16-22/h1,3-5,8-9,11-12,15-16,21,23,25H,2,6-7,10,13-14,17-19H2,(H,28,31,32)/t23-,25?/m0/s1. The second-order valence-corrected chi connectivity index (χ2v) is 9.03. The van der Waals surface area contributed by atoms with E-state index in [1.165, 1.54) is 6.42 Å². The van der Waals surface area contributed by atoms with E-state index in [0.717, 1.165) is 37.7 Å². The number of carbonyl (C=O) groups is 3. The lowest BCUT2D eigenvalue weighted by atomic mass is 9.82. The summed E-state index contributed by atoms with van der Waals surface area (Å²) in [5, 5.41) is 2.49. The zero-order valence-electron chi connectivity index (χ0n) is 18.9. The number of hydrogen-bond acceptors (Lipinski definition) is 5. The second-order valence-electron chi connectivity index (χ2n) is 9.03. The maximum absolute atomic E-state index is 13.0. The number of likely N-dealkylation sites (tertiary alicyclic amines) is 1. The summed E-state index contributed by atoms with van der Waals surface area (Å²) in [5.74, 6) is -0.771. The Kier molecular flexibility index (Phi) is 7.89. The molecule has 2 amide bonds. The fraction of sp³-hybridized carbons (Fsp3) is 0.444. The van der Waals surface area contributed by atoms with E-state index in [1.54, 1.807) is 24.3 Å². The minimum absolute atomic E-state index is 0.0493. The summed E-state index contributed by atoms with van der Waals surface area (Å²) in [4.78, 5) is 40.0. The van der Waals surface area contributed by atoms with Crippen molar-refractivity contribution in [2.45, 2.75) is 57.1 Å². The van der Waals surface area contributed by atoms with Crippen molar-refractivity contribution in [3.8, 4) is 0 Å². The van der Waals surface area contributed by atoms with Crippen molar-refractivity contribution in [1.82, 2.24) is 10.2 Å². The smallest absolute Gasteiger partial charge is 0.320 e. The summed E-state index contributed by atoms with van der Waals surface area (Å²) >= 11 is 0. The van der Waals surface area contributed by atoms with Crippen LogP contribution in [0.1, 0.15) is 67.0 Å². The van der Waals surface area contributed by atoms with Crippen molar-refractivity contribution in [3.63, 3.8) is 0 Å². The Morgan fingerprint density at radius 2 is 1.55 bits per heavy atom. The number of nitrogens with one attached hydrogen (secondary N) is 1. The molecule has 1 N–H and O–H groups in total. The van der Waals surface area contributed by atoms with Crippen molar-refractivity contribution in [2.75, 3.05) is 13.1 Å². The van der Waals surface area contributed by atoms with E-state index in [9.17, 15) is 14.4 Å². The Hall–Kier alpha value is -2.99. The van der Waals surface area contributed by atoms with Gasteiger partial charge in [0, 0.05) is 11.5 Å². The maximum Gasteiger partial charge on any atom is 0.320 e. The van der Waals surface area contributed by atoms with Crippen LogP contribution in [0.3, 0.4) is 0 Å². The van der Waals surface area contributed by atoms with Crippen LogP contribution in [0.15, 0.2) is 60.7 Å². The molecule has 6 nitrogen and oxygen atoms in total. The molecule has 1 aliphatic carbocycles. The molecule has 174 valence electrons. The van der Waals surface area contributed by atoms with Gasteiger partial charge in [-0.25, -0.2) is 0 Å². The third-order valence-electron chi connectivity index (χ3n) is 6.74. The lowest BCUT2D eigenvalue weighted by molar-refractivity contribution is -0.155. The van der Waals surface area contributed by atoms with E-state index in [1.807, 2.05) is 41.3 Å². The summed E-state index contributed by atoms with van der Waals surface area (Å²) in [6, 6.07) is 18.1. The molecule has 1 aliphatic heterocycles. The van der Waals surface area contributed by atoms with Gasteiger partial charge in [0.2, 0.25) is 5.91 Å². The molecule has 1 heterocycles. The van der Waals surface area contributed by atoms with Gasteiger partial charge in [0.15, 0.2) is 0 Å². The largest absolute Gasteiger partial charge is 0.456 e. The Morgan fingerprint density at radius 3 is 2.24 bits per heavy atom. The number of nitrogens with zero attached hydrogens (tertiary/aromatic N) is 1. The molecule has 0 spiro atoms. The van der Waals surface area contributed by atoms with Gasteiger partial charge in [-0.15, -0.1) is 0 Å². The molecule has 4 rings (SSSR count). The molecule has 0 radical (unpaired) electrons. The lowest BCUT2D eigenvalue weighted by Crippen LogP contribution is -2.47. The number of amides is 2. The summed E-state index contributed by atoms with van der Waals surface area (Å²) in [6.07, 6.45) is 6.84. The average Bonchev–Trinajstić information content (AvgIpc) is 3.32. The third kappa shape index (κ3) is 6.08. The Labute approximate surface area is 195 Å². The van der Waals surface area contributed by atoms with E-state index in [0.29, 0.717) is 24.4 Å². The van der Waals surface area contributed by atoms with Crippen LogP contribution in [0.5, 0.6) is 0 Å². The third-order valence-corrected chi connectivity index (χ3v) is 6.74. The van der Waals surface area contributed by atoms with Crippen LogP contribution in [0, 0.1) is 5.92 Å². The summed E-state index contributed by atoms with van der Waals surface area (Å²) in [5.41, 5.74) is 1.47. The average molecular weight is 449 g/mol. The number of carbonyl (C=O) groups excluding carboxylic acids is 3. The zero-order chi connectivity index (χ0) is 23.0. The molecule has 1 saturated heterocycles. The Bertz CT molecular complexity index is 941. The lowest BCUT2D eigenvalue weighted by Gasteiger charge is -2.31. The van der Waals surface area contributed by atoms with Crippen LogP contribution < -0.4 is 5.32 Å². The molecule has 2 atom stereocenters. The summed E-state index contributed by atoms with van der Waals surface area (Å²) in [7, 11) is 0. The van der Waals surface area contributed by atoms with Gasteiger partial charge in [-0.1, -0.05) is 67.8 Å². The number of rotatable bonds is 7. The first-order valence-electron chi connectivity index (χ1n) is 12.0.